The average molecular weight is 324 g/mol. The molecule has 0 aliphatic carbocycles. The number of carbonyl (C=O) groups excluding carboxylic acids is 1. The third-order valence-corrected chi connectivity index (χ3v) is 2.10. The normalized spacial score (nSPS) is 12.5. The Balaban J connectivity index is 3.36. The van der Waals surface area contributed by atoms with E-state index in [2.05, 4.69) is 2.85 Å². The van der Waals surface area contributed by atoms with Crippen LogP contribution in [0.2, 0.25) is 0 Å². The molecule has 0 aromatic carbocycles. The molecule has 0 saturated heterocycles. The molecule has 0 saturated carbocycles. The Labute approximate surface area is 81.8 Å². The first-order chi connectivity index (χ1) is 5.22. The van der Waals surface area contributed by atoms with Crippen LogP contribution in [0.15, 0.2) is 0 Å². The molecule has 0 aliphatic heterocycles. The number of nitrogens with two attached hydrogens (primary N) is 2. The third kappa shape index (κ3) is 5.52. The second-order valence-corrected chi connectivity index (χ2v) is 3.05. The number of hydrogen-bond donors (Lipinski definition) is 2. The molecule has 0 aliphatic rings. The van der Waals surface area contributed by atoms with Gasteiger partial charge < -0.3 is 0 Å². The van der Waals surface area contributed by atoms with Crippen LogP contribution in [0.4, 0.5) is 0 Å². The summed E-state index contributed by atoms with van der Waals surface area (Å²) in [6.45, 7) is 0.655. The van der Waals surface area contributed by atoms with Crippen molar-refractivity contribution in [2.75, 3.05) is 6.54 Å². The van der Waals surface area contributed by atoms with Gasteiger partial charge in [0, 0.05) is 0 Å². The predicted molar refractivity (Wildman–Crippen MR) is 37.0 cm³/mol. The first-order valence-corrected chi connectivity index (χ1v) is 5.02. The third-order valence-electron chi connectivity index (χ3n) is 1.37. The Morgan fingerprint density at radius 1 is 1.55 bits per heavy atom. The van der Waals surface area contributed by atoms with Gasteiger partial charge in [0.05, 0.1) is 0 Å². The summed E-state index contributed by atoms with van der Waals surface area (Å²) in [6, 6.07) is -0.445. The van der Waals surface area contributed by atoms with Crippen LogP contribution in [0, 0.1) is 0 Å². The van der Waals surface area contributed by atoms with Gasteiger partial charge in [0.1, 0.15) is 0 Å². The van der Waals surface area contributed by atoms with Crippen molar-refractivity contribution >= 4 is 5.97 Å². The quantitative estimate of drug-likeness (QED) is 0.525. The minimum atomic E-state index is -0.445. The molecule has 0 radical (unpaired) electrons. The molecule has 4 N–H and O–H groups in total. The van der Waals surface area contributed by atoms with Gasteiger partial charge in [-0.05, 0) is 0 Å². The van der Waals surface area contributed by atoms with Gasteiger partial charge in [-0.15, -0.1) is 0 Å². The first kappa shape index (κ1) is 11.3. The molecule has 63 valence electrons. The zero-order chi connectivity index (χ0) is 8.69. The molecular weight excluding hydrogens is 311 g/mol. The van der Waals surface area contributed by atoms with E-state index in [0.717, 1.165) is 12.8 Å². The molecule has 0 amide bonds. The zero-order valence-electron chi connectivity index (χ0n) is 6.38. The predicted octanol–water partition coefficient (Wildman–Crippen LogP) is -0.552. The molecule has 0 fully saturated rings. The van der Waals surface area contributed by atoms with E-state index < -0.39 is 6.04 Å². The average Bonchev–Trinajstić information content (AvgIpc) is 2.03. The van der Waals surface area contributed by atoms with Crippen LogP contribution >= 0.6 is 0 Å². The van der Waals surface area contributed by atoms with E-state index in [9.17, 15) is 4.79 Å². The van der Waals surface area contributed by atoms with E-state index in [-0.39, 0.29) is 5.97 Å². The van der Waals surface area contributed by atoms with Gasteiger partial charge in [0.2, 0.25) is 0 Å². The molecule has 11 heavy (non-hydrogen) atoms. The van der Waals surface area contributed by atoms with Crippen molar-refractivity contribution in [3.63, 3.8) is 0 Å². The molecule has 0 rings (SSSR count). The Morgan fingerprint density at radius 3 is 2.64 bits per heavy atom. The maximum absolute atomic E-state index is 10.8. The van der Waals surface area contributed by atoms with Gasteiger partial charge in [0.15, 0.2) is 0 Å². The van der Waals surface area contributed by atoms with Crippen LogP contribution in [0.5, 0.6) is 0 Å². The Kier molecular flexibility index (Phi) is 7.10. The van der Waals surface area contributed by atoms with Gasteiger partial charge in [-0.25, -0.2) is 0 Å². The summed E-state index contributed by atoms with van der Waals surface area (Å²) in [6.07, 6.45) is 2.49. The topological polar surface area (TPSA) is 78.3 Å². The molecule has 4 nitrogen and oxygen atoms in total. The molecule has 0 heterocycles. The number of carbonyl (C=O) groups is 1. The van der Waals surface area contributed by atoms with Gasteiger partial charge in [-0.1, -0.05) is 0 Å². The van der Waals surface area contributed by atoms with E-state index in [1.807, 2.05) is 0 Å². The number of rotatable bonds is 5. The van der Waals surface area contributed by atoms with E-state index in [1.165, 1.54) is 0 Å². The van der Waals surface area contributed by atoms with Crippen LogP contribution in [-0.4, -0.2) is 18.6 Å². The zero-order valence-corrected chi connectivity index (χ0v) is 9.97. The first-order valence-electron chi connectivity index (χ1n) is 3.55. The van der Waals surface area contributed by atoms with Crippen LogP contribution in [-0.2, 0) is 32.5 Å². The summed E-state index contributed by atoms with van der Waals surface area (Å²) in [5, 5.41) is 0. The van der Waals surface area contributed by atoms with Gasteiger partial charge >= 0.3 is 81.7 Å². The van der Waals surface area contributed by atoms with Crippen molar-refractivity contribution in [3.05, 3.63) is 0 Å². The second-order valence-electron chi connectivity index (χ2n) is 2.31. The molecular formula is C6H13HfN2O2. The molecule has 0 bridgehead atoms. The molecule has 0 spiro atoms. The van der Waals surface area contributed by atoms with Crippen molar-refractivity contribution in [2.45, 2.75) is 25.3 Å². The van der Waals surface area contributed by atoms with Crippen LogP contribution in [0.3, 0.4) is 0 Å². The van der Waals surface area contributed by atoms with Crippen LogP contribution in [0.1, 0.15) is 19.3 Å². The molecule has 0 unspecified atom stereocenters. The van der Waals surface area contributed by atoms with E-state index in [4.69, 9.17) is 11.5 Å². The molecule has 5 heteroatoms. The summed E-state index contributed by atoms with van der Waals surface area (Å²) >= 11 is 0.426. The minimum absolute atomic E-state index is 0.284. The SMILES string of the molecule is NCCCC[C@H](N)C(=O)[O][Hf]. The maximum atomic E-state index is 10.8. The summed E-state index contributed by atoms with van der Waals surface area (Å²) < 4.78 is 4.59. The van der Waals surface area contributed by atoms with Crippen molar-refractivity contribution in [1.29, 1.82) is 0 Å². The summed E-state index contributed by atoms with van der Waals surface area (Å²) in [5.74, 6) is -0.284. The van der Waals surface area contributed by atoms with Crippen LogP contribution in [0.25, 0.3) is 0 Å². The summed E-state index contributed by atoms with van der Waals surface area (Å²) in [4.78, 5) is 10.8. The molecule has 1 atom stereocenters. The monoisotopic (exact) mass is 325 g/mol. The number of unbranched alkanes of at least 4 members (excludes halogenated alkanes) is 1. The standard InChI is InChI=1S/C6H14N2O2.Hf/c7-4-2-1-3-5(8)6(9)10;/h5H,1-4,7-8H2,(H,9,10);/q;+1/p-1/t5-;/m0./s1. The van der Waals surface area contributed by atoms with Crippen molar-refractivity contribution in [1.82, 2.24) is 0 Å². The van der Waals surface area contributed by atoms with Crippen LogP contribution < -0.4 is 11.5 Å². The number of hydrogen-bond acceptors (Lipinski definition) is 4. The van der Waals surface area contributed by atoms with Crippen molar-refractivity contribution in [2.24, 2.45) is 11.5 Å². The second kappa shape index (κ2) is 6.94. The Bertz CT molecular complexity index is 121. The molecule has 0 aromatic rings. The fourth-order valence-electron chi connectivity index (χ4n) is 0.702. The van der Waals surface area contributed by atoms with E-state index in [0.29, 0.717) is 37.8 Å². The Hall–Kier alpha value is 0.260. The summed E-state index contributed by atoms with van der Waals surface area (Å²) in [7, 11) is 0. The van der Waals surface area contributed by atoms with E-state index >= 15 is 0 Å². The Morgan fingerprint density at radius 2 is 2.18 bits per heavy atom. The van der Waals surface area contributed by atoms with Gasteiger partial charge in [-0.2, -0.15) is 0 Å². The van der Waals surface area contributed by atoms with Crippen molar-refractivity contribution in [3.8, 4) is 0 Å². The van der Waals surface area contributed by atoms with E-state index in [1.54, 1.807) is 0 Å². The van der Waals surface area contributed by atoms with Crippen molar-refractivity contribution < 1.29 is 32.5 Å². The fourth-order valence-corrected chi connectivity index (χ4v) is 1.25. The summed E-state index contributed by atoms with van der Waals surface area (Å²) in [5.41, 5.74) is 10.7. The van der Waals surface area contributed by atoms with Gasteiger partial charge in [-0.3, -0.25) is 0 Å². The van der Waals surface area contributed by atoms with Gasteiger partial charge in [0.25, 0.3) is 0 Å². The fraction of sp³-hybridized carbons (Fsp3) is 0.833. The molecule has 0 aromatic heterocycles.